The summed E-state index contributed by atoms with van der Waals surface area (Å²) in [7, 11) is -2.70. The number of nitrogens with one attached hydrogen (secondary N) is 1. The second kappa shape index (κ2) is 6.91. The highest BCUT2D eigenvalue weighted by atomic mass is 32.2. The highest BCUT2D eigenvalue weighted by Gasteiger charge is 2.25. The van der Waals surface area contributed by atoms with Gasteiger partial charge in [-0.3, -0.25) is 9.52 Å². The fourth-order valence-corrected chi connectivity index (χ4v) is 3.79. The van der Waals surface area contributed by atoms with E-state index in [1.54, 1.807) is 11.0 Å². The average Bonchev–Trinajstić information content (AvgIpc) is 3.02. The second-order valence-corrected chi connectivity index (χ2v) is 7.40. The van der Waals surface area contributed by atoms with Crippen LogP contribution in [0.5, 0.6) is 5.75 Å². The number of benzene rings is 2. The van der Waals surface area contributed by atoms with Crippen molar-refractivity contribution in [2.24, 2.45) is 0 Å². The van der Waals surface area contributed by atoms with Crippen molar-refractivity contribution in [1.29, 1.82) is 0 Å². The van der Waals surface area contributed by atoms with E-state index < -0.39 is 26.6 Å². The topological polar surface area (TPSA) is 75.7 Å². The molecule has 6 nitrogen and oxygen atoms in total. The van der Waals surface area contributed by atoms with Crippen LogP contribution in [0, 0.1) is 11.6 Å². The minimum atomic E-state index is -4.11. The number of anilines is 2. The molecule has 26 heavy (non-hydrogen) atoms. The van der Waals surface area contributed by atoms with Crippen molar-refractivity contribution in [3.8, 4) is 5.75 Å². The predicted molar refractivity (Wildman–Crippen MR) is 91.7 cm³/mol. The lowest BCUT2D eigenvalue weighted by atomic mass is 10.2. The number of nitrogens with zero attached hydrogens (tertiary/aromatic N) is 1. The molecule has 0 aromatic heterocycles. The SMILES string of the molecule is COc1cc(NS(=O)(=O)c2ccc(F)c(F)c2)ccc1N1CCCC1=O. The zero-order chi connectivity index (χ0) is 18.9. The molecule has 3 rings (SSSR count). The van der Waals surface area contributed by atoms with Crippen LogP contribution in [0.1, 0.15) is 12.8 Å². The van der Waals surface area contributed by atoms with Crippen LogP contribution in [0.2, 0.25) is 0 Å². The van der Waals surface area contributed by atoms with Gasteiger partial charge in [-0.05, 0) is 36.8 Å². The molecule has 0 aliphatic carbocycles. The summed E-state index contributed by atoms with van der Waals surface area (Å²) < 4.78 is 58.6. The van der Waals surface area contributed by atoms with E-state index in [4.69, 9.17) is 4.74 Å². The van der Waals surface area contributed by atoms with E-state index in [9.17, 15) is 22.0 Å². The molecule has 0 radical (unpaired) electrons. The van der Waals surface area contributed by atoms with Crippen LogP contribution in [-0.2, 0) is 14.8 Å². The Bertz CT molecular complexity index is 963. The summed E-state index contributed by atoms with van der Waals surface area (Å²) in [5, 5.41) is 0. The number of rotatable bonds is 5. The molecule has 2 aromatic rings. The van der Waals surface area contributed by atoms with Crippen LogP contribution >= 0.6 is 0 Å². The van der Waals surface area contributed by atoms with Crippen molar-refractivity contribution in [3.63, 3.8) is 0 Å². The Balaban J connectivity index is 1.90. The van der Waals surface area contributed by atoms with Gasteiger partial charge in [0.2, 0.25) is 5.91 Å². The fraction of sp³-hybridized carbons (Fsp3) is 0.235. The number of amides is 1. The van der Waals surface area contributed by atoms with Crippen LogP contribution in [0.3, 0.4) is 0 Å². The molecule has 1 saturated heterocycles. The van der Waals surface area contributed by atoms with Crippen molar-refractivity contribution in [1.82, 2.24) is 0 Å². The Morgan fingerprint density at radius 3 is 2.50 bits per heavy atom. The Morgan fingerprint density at radius 2 is 1.88 bits per heavy atom. The predicted octanol–water partition coefficient (Wildman–Crippen LogP) is 2.90. The highest BCUT2D eigenvalue weighted by Crippen LogP contribution is 2.34. The maximum absolute atomic E-state index is 13.3. The largest absolute Gasteiger partial charge is 0.494 e. The average molecular weight is 382 g/mol. The van der Waals surface area contributed by atoms with Gasteiger partial charge in [-0.15, -0.1) is 0 Å². The summed E-state index contributed by atoms with van der Waals surface area (Å²) in [4.78, 5) is 13.1. The zero-order valence-electron chi connectivity index (χ0n) is 13.8. The number of carbonyl (C=O) groups is 1. The lowest BCUT2D eigenvalue weighted by molar-refractivity contribution is -0.117. The summed E-state index contributed by atoms with van der Waals surface area (Å²) >= 11 is 0. The number of hydrogen-bond acceptors (Lipinski definition) is 4. The van der Waals surface area contributed by atoms with Crippen molar-refractivity contribution in [2.75, 3.05) is 23.3 Å². The second-order valence-electron chi connectivity index (χ2n) is 5.72. The number of sulfonamides is 1. The summed E-state index contributed by atoms with van der Waals surface area (Å²) in [6.07, 6.45) is 1.19. The molecule has 1 heterocycles. The quantitative estimate of drug-likeness (QED) is 0.863. The van der Waals surface area contributed by atoms with E-state index in [-0.39, 0.29) is 11.6 Å². The molecule has 0 unspecified atom stereocenters. The van der Waals surface area contributed by atoms with Gasteiger partial charge in [-0.2, -0.15) is 0 Å². The molecule has 1 N–H and O–H groups in total. The zero-order valence-corrected chi connectivity index (χ0v) is 14.6. The molecule has 1 amide bonds. The molecule has 0 bridgehead atoms. The van der Waals surface area contributed by atoms with Crippen molar-refractivity contribution in [2.45, 2.75) is 17.7 Å². The lowest BCUT2D eigenvalue weighted by Gasteiger charge is -2.20. The van der Waals surface area contributed by atoms with Crippen molar-refractivity contribution >= 4 is 27.3 Å². The van der Waals surface area contributed by atoms with Gasteiger partial charge in [0.1, 0.15) is 5.75 Å². The summed E-state index contributed by atoms with van der Waals surface area (Å²) in [6, 6.07) is 6.79. The standard InChI is InChI=1S/C17H16F2N2O4S/c1-25-16-9-11(4-7-15(16)21-8-2-3-17(21)22)20-26(23,24)12-5-6-13(18)14(19)10-12/h4-7,9-10,20H,2-3,8H2,1H3. The highest BCUT2D eigenvalue weighted by molar-refractivity contribution is 7.92. The van der Waals surface area contributed by atoms with Crippen LogP contribution in [0.25, 0.3) is 0 Å². The summed E-state index contributed by atoms with van der Waals surface area (Å²) in [5.41, 5.74) is 0.716. The summed E-state index contributed by atoms with van der Waals surface area (Å²) in [6.45, 7) is 0.565. The van der Waals surface area contributed by atoms with Crippen LogP contribution in [-0.4, -0.2) is 28.0 Å². The monoisotopic (exact) mass is 382 g/mol. The maximum atomic E-state index is 13.3. The van der Waals surface area contributed by atoms with Crippen LogP contribution < -0.4 is 14.4 Å². The Hall–Kier alpha value is -2.68. The van der Waals surface area contributed by atoms with Gasteiger partial charge in [0.05, 0.1) is 23.4 Å². The molecule has 0 atom stereocenters. The first-order valence-corrected chi connectivity index (χ1v) is 9.26. The van der Waals surface area contributed by atoms with Gasteiger partial charge in [-0.1, -0.05) is 0 Å². The molecule has 1 fully saturated rings. The van der Waals surface area contributed by atoms with Crippen molar-refractivity contribution in [3.05, 3.63) is 48.0 Å². The van der Waals surface area contributed by atoms with Gasteiger partial charge in [0, 0.05) is 19.0 Å². The summed E-state index contributed by atoms with van der Waals surface area (Å²) in [5.74, 6) is -2.09. The molecule has 2 aromatic carbocycles. The van der Waals surface area contributed by atoms with E-state index in [0.29, 0.717) is 30.5 Å². The molecule has 1 aliphatic heterocycles. The first-order valence-electron chi connectivity index (χ1n) is 7.78. The third-order valence-electron chi connectivity index (χ3n) is 4.00. The first kappa shape index (κ1) is 18.1. The number of carbonyl (C=O) groups excluding carboxylic acids is 1. The van der Waals surface area contributed by atoms with Crippen LogP contribution in [0.4, 0.5) is 20.2 Å². The lowest BCUT2D eigenvalue weighted by Crippen LogP contribution is -2.24. The number of halogens is 2. The van der Waals surface area contributed by atoms with Gasteiger partial charge in [-0.25, -0.2) is 17.2 Å². The smallest absolute Gasteiger partial charge is 0.262 e. The fourth-order valence-electron chi connectivity index (χ4n) is 2.73. The van der Waals surface area contributed by atoms with Crippen LogP contribution in [0.15, 0.2) is 41.3 Å². The first-order chi connectivity index (χ1) is 12.3. The van der Waals surface area contributed by atoms with E-state index in [1.165, 1.54) is 19.2 Å². The Morgan fingerprint density at radius 1 is 1.12 bits per heavy atom. The van der Waals surface area contributed by atoms with E-state index in [1.807, 2.05) is 0 Å². The molecular weight excluding hydrogens is 366 g/mol. The third kappa shape index (κ3) is 3.48. The Labute approximate surface area is 149 Å². The number of hydrogen-bond donors (Lipinski definition) is 1. The molecule has 0 saturated carbocycles. The van der Waals surface area contributed by atoms with Gasteiger partial charge in [0.25, 0.3) is 10.0 Å². The third-order valence-corrected chi connectivity index (χ3v) is 5.38. The molecule has 9 heteroatoms. The van der Waals surface area contributed by atoms with Gasteiger partial charge < -0.3 is 9.64 Å². The van der Waals surface area contributed by atoms with E-state index in [0.717, 1.165) is 18.6 Å². The minimum absolute atomic E-state index is 0.0292. The molecule has 1 aliphatic rings. The van der Waals surface area contributed by atoms with Gasteiger partial charge >= 0.3 is 0 Å². The van der Waals surface area contributed by atoms with E-state index >= 15 is 0 Å². The maximum Gasteiger partial charge on any atom is 0.262 e. The number of ether oxygens (including phenoxy) is 1. The minimum Gasteiger partial charge on any atom is -0.494 e. The molecule has 138 valence electrons. The Kier molecular flexibility index (Phi) is 4.82. The molecular formula is C17H16F2N2O4S. The van der Waals surface area contributed by atoms with E-state index in [2.05, 4.69) is 4.72 Å². The molecule has 0 spiro atoms. The number of methoxy groups -OCH3 is 1. The normalized spacial score (nSPS) is 14.6. The van der Waals surface area contributed by atoms with Crippen molar-refractivity contribution < 1.29 is 26.7 Å². The van der Waals surface area contributed by atoms with Gasteiger partial charge in [0.15, 0.2) is 11.6 Å².